The smallest absolute Gasteiger partial charge is 0.381 e. The molecular formula is C23H26F4N6O2. The minimum Gasteiger partial charge on any atom is -0.381 e. The maximum absolute atomic E-state index is 13.3. The summed E-state index contributed by atoms with van der Waals surface area (Å²) in [6.45, 7) is 1.11. The zero-order chi connectivity index (χ0) is 25.0. The predicted molar refractivity (Wildman–Crippen MR) is 120 cm³/mol. The second-order valence-corrected chi connectivity index (χ2v) is 8.41. The van der Waals surface area contributed by atoms with Gasteiger partial charge < -0.3 is 15.4 Å². The van der Waals surface area contributed by atoms with E-state index in [0.29, 0.717) is 32.5 Å². The number of aliphatic imine (C=N–C) groups is 1. The Morgan fingerprint density at radius 2 is 1.71 bits per heavy atom. The molecule has 0 aliphatic carbocycles. The first-order valence-corrected chi connectivity index (χ1v) is 11.2. The van der Waals surface area contributed by atoms with Gasteiger partial charge in [0.2, 0.25) is 5.96 Å². The first-order valence-electron chi connectivity index (χ1n) is 11.2. The minimum absolute atomic E-state index is 0.0103. The molecular weight excluding hydrogens is 468 g/mol. The summed E-state index contributed by atoms with van der Waals surface area (Å²) in [6.07, 6.45) is -3.10. The summed E-state index contributed by atoms with van der Waals surface area (Å²) >= 11 is 0. The van der Waals surface area contributed by atoms with Gasteiger partial charge in [-0.2, -0.15) is 23.3 Å². The number of halogens is 4. The maximum atomic E-state index is 13.3. The molecule has 4 rings (SSSR count). The van der Waals surface area contributed by atoms with Crippen molar-refractivity contribution in [3.8, 4) is 0 Å². The van der Waals surface area contributed by atoms with E-state index in [2.05, 4.69) is 21.1 Å². The monoisotopic (exact) mass is 494 g/mol. The summed E-state index contributed by atoms with van der Waals surface area (Å²) in [4.78, 5) is 16.9. The van der Waals surface area contributed by atoms with Gasteiger partial charge in [-0.15, -0.1) is 0 Å². The number of guanidine groups is 1. The van der Waals surface area contributed by atoms with Crippen molar-refractivity contribution in [1.82, 2.24) is 21.2 Å². The van der Waals surface area contributed by atoms with Gasteiger partial charge in [-0.3, -0.25) is 10.6 Å². The van der Waals surface area contributed by atoms with E-state index in [-0.39, 0.29) is 29.4 Å². The molecule has 2 aliphatic heterocycles. The van der Waals surface area contributed by atoms with Gasteiger partial charge in [0.05, 0.1) is 11.6 Å². The topological polar surface area (TPSA) is 104 Å². The average Bonchev–Trinajstić information content (AvgIpc) is 3.19. The number of hydrazine groups is 2. The van der Waals surface area contributed by atoms with Gasteiger partial charge >= 0.3 is 6.18 Å². The number of nitrogens with one attached hydrogen (secondary N) is 3. The van der Waals surface area contributed by atoms with Crippen molar-refractivity contribution < 1.29 is 27.1 Å². The first-order chi connectivity index (χ1) is 16.7. The highest BCUT2D eigenvalue weighted by atomic mass is 19.4. The fraction of sp³-hybridized carbons (Fsp3) is 0.391. The fourth-order valence-corrected chi connectivity index (χ4v) is 3.96. The number of alkyl halides is 3. The molecule has 12 heteroatoms. The van der Waals surface area contributed by atoms with Gasteiger partial charge in [0, 0.05) is 31.2 Å². The number of carbonyl (C=O) groups excluding carboxylic acids is 1. The highest BCUT2D eigenvalue weighted by Gasteiger charge is 2.33. The number of nitrogens with zero attached hydrogens (tertiary/aromatic N) is 2. The lowest BCUT2D eigenvalue weighted by molar-refractivity contribution is -0.137. The Balaban J connectivity index is 1.50. The normalized spacial score (nSPS) is 22.3. The van der Waals surface area contributed by atoms with Gasteiger partial charge in [-0.05, 0) is 54.8 Å². The lowest BCUT2D eigenvalue weighted by Gasteiger charge is -2.27. The molecule has 0 spiro atoms. The maximum Gasteiger partial charge on any atom is 0.416 e. The third-order valence-electron chi connectivity index (χ3n) is 5.91. The van der Waals surface area contributed by atoms with Crippen LogP contribution in [-0.2, 0) is 10.9 Å². The molecule has 8 nitrogen and oxygen atoms in total. The molecule has 2 atom stereocenters. The molecule has 2 unspecified atom stereocenters. The van der Waals surface area contributed by atoms with Crippen molar-refractivity contribution in [1.29, 1.82) is 0 Å². The number of hydrogen-bond donors (Lipinski definition) is 4. The van der Waals surface area contributed by atoms with E-state index < -0.39 is 23.8 Å². The Labute approximate surface area is 199 Å². The molecule has 188 valence electrons. The summed E-state index contributed by atoms with van der Waals surface area (Å²) in [6, 6.07) is 9.71. The fourth-order valence-electron chi connectivity index (χ4n) is 3.96. The van der Waals surface area contributed by atoms with E-state index >= 15 is 0 Å². The van der Waals surface area contributed by atoms with Gasteiger partial charge in [0.1, 0.15) is 12.0 Å². The number of amides is 1. The molecule has 0 aromatic heterocycles. The summed E-state index contributed by atoms with van der Waals surface area (Å²) < 4.78 is 57.2. The predicted octanol–water partition coefficient (Wildman–Crippen LogP) is 2.85. The van der Waals surface area contributed by atoms with Crippen molar-refractivity contribution in [2.45, 2.75) is 43.7 Å². The molecule has 2 heterocycles. The molecule has 2 saturated heterocycles. The zero-order valence-electron chi connectivity index (χ0n) is 18.7. The number of benzene rings is 2. The first kappa shape index (κ1) is 25.0. The average molecular weight is 494 g/mol. The molecule has 0 bridgehead atoms. The van der Waals surface area contributed by atoms with Crippen LogP contribution in [0.3, 0.4) is 0 Å². The number of carbonyl (C=O) groups is 1. The third-order valence-corrected chi connectivity index (χ3v) is 5.91. The van der Waals surface area contributed by atoms with Crippen molar-refractivity contribution in [3.63, 3.8) is 0 Å². The van der Waals surface area contributed by atoms with E-state index in [4.69, 9.17) is 10.6 Å². The molecule has 2 fully saturated rings. The number of nitrogens with two attached hydrogens (primary N) is 1. The van der Waals surface area contributed by atoms with Crippen LogP contribution in [0.4, 0.5) is 17.6 Å². The van der Waals surface area contributed by atoms with Crippen molar-refractivity contribution in [2.75, 3.05) is 13.2 Å². The Kier molecular flexibility index (Phi) is 7.65. The summed E-state index contributed by atoms with van der Waals surface area (Å²) in [5, 5.41) is 7.67. The van der Waals surface area contributed by atoms with Crippen LogP contribution in [0.2, 0.25) is 0 Å². The van der Waals surface area contributed by atoms with Gasteiger partial charge in [0.25, 0.3) is 5.91 Å². The van der Waals surface area contributed by atoms with Crippen LogP contribution in [-0.4, -0.2) is 42.4 Å². The van der Waals surface area contributed by atoms with E-state index in [9.17, 15) is 22.4 Å². The van der Waals surface area contributed by atoms with Crippen LogP contribution in [0.1, 0.15) is 46.8 Å². The Morgan fingerprint density at radius 3 is 2.34 bits per heavy atom. The molecule has 0 radical (unpaired) electrons. The zero-order valence-corrected chi connectivity index (χ0v) is 18.7. The van der Waals surface area contributed by atoms with Crippen molar-refractivity contribution >= 4 is 11.9 Å². The summed E-state index contributed by atoms with van der Waals surface area (Å²) in [5.41, 5.74) is 3.09. The highest BCUT2D eigenvalue weighted by Crippen LogP contribution is 2.29. The summed E-state index contributed by atoms with van der Waals surface area (Å²) in [5.74, 6) is 5.22. The molecule has 2 aliphatic rings. The molecule has 0 saturated carbocycles. The number of rotatable bonds is 4. The Bertz CT molecular complexity index is 1040. The van der Waals surface area contributed by atoms with Crippen molar-refractivity contribution in [2.24, 2.45) is 10.8 Å². The van der Waals surface area contributed by atoms with E-state index in [1.807, 2.05) is 0 Å². The quantitative estimate of drug-likeness (QED) is 0.224. The number of ether oxygens (including phenoxy) is 1. The molecule has 2 aromatic rings. The lowest BCUT2D eigenvalue weighted by atomic mass is 10.0. The van der Waals surface area contributed by atoms with Crippen LogP contribution in [0.15, 0.2) is 53.5 Å². The SMILES string of the molecule is NN1NC(c2ccc(F)cc2)CC1N/C(=N\C(=O)c1ccc(C(F)(F)F)cc1)NC1CCOCC1. The van der Waals surface area contributed by atoms with Crippen molar-refractivity contribution in [3.05, 3.63) is 71.0 Å². The second kappa shape index (κ2) is 10.7. The van der Waals surface area contributed by atoms with Gasteiger partial charge in [-0.1, -0.05) is 12.1 Å². The highest BCUT2D eigenvalue weighted by molar-refractivity contribution is 6.02. The van der Waals surface area contributed by atoms with Crippen LogP contribution in [0, 0.1) is 5.82 Å². The van der Waals surface area contributed by atoms with Crippen LogP contribution in [0.25, 0.3) is 0 Å². The molecule has 2 aromatic carbocycles. The molecule has 5 N–H and O–H groups in total. The lowest BCUT2D eigenvalue weighted by Crippen LogP contribution is -2.56. The third kappa shape index (κ3) is 6.54. The minimum atomic E-state index is -4.50. The Morgan fingerprint density at radius 1 is 1.06 bits per heavy atom. The van der Waals surface area contributed by atoms with E-state index in [1.54, 1.807) is 12.1 Å². The summed E-state index contributed by atoms with van der Waals surface area (Å²) in [7, 11) is 0. The van der Waals surface area contributed by atoms with Gasteiger partial charge in [0.15, 0.2) is 0 Å². The van der Waals surface area contributed by atoms with Gasteiger partial charge in [-0.25, -0.2) is 9.82 Å². The Hall–Kier alpha value is -3.06. The van der Waals surface area contributed by atoms with E-state index in [1.165, 1.54) is 17.3 Å². The molecule has 35 heavy (non-hydrogen) atoms. The van der Waals surface area contributed by atoms with E-state index in [0.717, 1.165) is 29.8 Å². The largest absolute Gasteiger partial charge is 0.416 e. The standard InChI is InChI=1S/C23H26F4N6O2/c24-17-7-3-14(4-8-17)19-13-20(33(28)32-19)30-22(29-18-9-11-35-12-10-18)31-21(34)15-1-5-16(6-2-15)23(25,26)27/h1-8,18-20,32H,9-13,28H2,(H2,29,30,31,34). The second-order valence-electron chi connectivity index (χ2n) is 8.41. The van der Waals surface area contributed by atoms with Crippen LogP contribution in [0.5, 0.6) is 0 Å². The number of hydrogen-bond acceptors (Lipinski definition) is 5. The van der Waals surface area contributed by atoms with Crippen LogP contribution < -0.4 is 21.9 Å². The van der Waals surface area contributed by atoms with Crippen LogP contribution >= 0.6 is 0 Å². The molecule has 1 amide bonds.